The van der Waals surface area contributed by atoms with Crippen molar-refractivity contribution < 1.29 is 19.0 Å². The Kier molecular flexibility index (Phi) is 6.65. The van der Waals surface area contributed by atoms with Crippen molar-refractivity contribution in [3.63, 3.8) is 0 Å². The zero-order chi connectivity index (χ0) is 19.1. The lowest BCUT2D eigenvalue weighted by Crippen LogP contribution is -2.40. The summed E-state index contributed by atoms with van der Waals surface area (Å²) in [6.45, 7) is 2.45. The van der Waals surface area contributed by atoms with Gasteiger partial charge in [0, 0.05) is 37.5 Å². The number of carbonyl (C=O) groups excluding carboxylic acids is 1. The third-order valence-corrected chi connectivity index (χ3v) is 4.69. The van der Waals surface area contributed by atoms with Gasteiger partial charge in [-0.2, -0.15) is 0 Å². The van der Waals surface area contributed by atoms with Crippen LogP contribution in [-0.2, 0) is 0 Å². The predicted molar refractivity (Wildman–Crippen MR) is 103 cm³/mol. The molecule has 1 heterocycles. The lowest BCUT2D eigenvalue weighted by atomic mass is 9.98. The molecular formula is C21H25FN2O3. The maximum absolute atomic E-state index is 12.9. The maximum atomic E-state index is 12.9. The molecule has 27 heavy (non-hydrogen) atoms. The topological polar surface area (TPSA) is 61.8 Å². The van der Waals surface area contributed by atoms with Crippen molar-refractivity contribution in [2.45, 2.75) is 12.8 Å². The highest BCUT2D eigenvalue weighted by atomic mass is 19.1. The number of rotatable bonds is 7. The van der Waals surface area contributed by atoms with Crippen molar-refractivity contribution >= 4 is 11.6 Å². The maximum Gasteiger partial charge on any atom is 0.253 e. The third-order valence-electron chi connectivity index (χ3n) is 4.69. The highest BCUT2D eigenvalue weighted by Crippen LogP contribution is 2.19. The number of hydrogen-bond acceptors (Lipinski definition) is 4. The van der Waals surface area contributed by atoms with E-state index in [1.165, 1.54) is 12.1 Å². The molecule has 0 aliphatic carbocycles. The first-order valence-electron chi connectivity index (χ1n) is 9.28. The molecule has 5 nitrogen and oxygen atoms in total. The van der Waals surface area contributed by atoms with Gasteiger partial charge in [-0.05, 0) is 61.2 Å². The van der Waals surface area contributed by atoms with Crippen LogP contribution in [0.3, 0.4) is 0 Å². The van der Waals surface area contributed by atoms with Crippen LogP contribution < -0.4 is 10.1 Å². The van der Waals surface area contributed by atoms with Gasteiger partial charge in [-0.25, -0.2) is 4.39 Å². The van der Waals surface area contributed by atoms with Crippen molar-refractivity contribution in [3.8, 4) is 5.75 Å². The van der Waals surface area contributed by atoms with Crippen molar-refractivity contribution in [1.29, 1.82) is 0 Å². The van der Waals surface area contributed by atoms with Crippen LogP contribution in [0.2, 0.25) is 0 Å². The predicted octanol–water partition coefficient (Wildman–Crippen LogP) is 3.16. The lowest BCUT2D eigenvalue weighted by molar-refractivity contribution is 0.0621. The Labute approximate surface area is 158 Å². The second-order valence-electron chi connectivity index (χ2n) is 6.75. The number of aliphatic hydroxyl groups is 1. The average molecular weight is 372 g/mol. The average Bonchev–Trinajstić information content (AvgIpc) is 2.72. The standard InChI is InChI=1S/C21H25FN2O3/c22-18-6-8-20(9-7-18)27-12-10-23-19-5-1-4-17(13-19)21(26)24-11-2-3-16(14-24)15-25/h1,4-9,13,16,23,25H,2-3,10-12,14-15H2. The fourth-order valence-corrected chi connectivity index (χ4v) is 3.24. The van der Waals surface area contributed by atoms with Crippen molar-refractivity contribution in [3.05, 3.63) is 59.9 Å². The van der Waals surface area contributed by atoms with Gasteiger partial charge in [-0.1, -0.05) is 6.07 Å². The van der Waals surface area contributed by atoms with Crippen LogP contribution in [0.5, 0.6) is 5.75 Å². The summed E-state index contributed by atoms with van der Waals surface area (Å²) in [6.07, 6.45) is 1.89. The van der Waals surface area contributed by atoms with E-state index in [0.29, 0.717) is 31.0 Å². The summed E-state index contributed by atoms with van der Waals surface area (Å²) >= 11 is 0. The Morgan fingerprint density at radius 3 is 2.85 bits per heavy atom. The molecule has 144 valence electrons. The Morgan fingerprint density at radius 2 is 2.07 bits per heavy atom. The second kappa shape index (κ2) is 9.37. The third kappa shape index (κ3) is 5.44. The van der Waals surface area contributed by atoms with Crippen LogP contribution in [0.15, 0.2) is 48.5 Å². The summed E-state index contributed by atoms with van der Waals surface area (Å²) in [5, 5.41) is 12.6. The Hall–Kier alpha value is -2.60. The van der Waals surface area contributed by atoms with E-state index in [0.717, 1.165) is 25.1 Å². The molecule has 0 spiro atoms. The van der Waals surface area contributed by atoms with E-state index in [-0.39, 0.29) is 24.2 Å². The molecule has 1 unspecified atom stereocenters. The molecule has 6 heteroatoms. The Balaban J connectivity index is 1.50. The number of hydrogen-bond donors (Lipinski definition) is 2. The first-order valence-corrected chi connectivity index (χ1v) is 9.28. The highest BCUT2D eigenvalue weighted by molar-refractivity contribution is 5.95. The van der Waals surface area contributed by atoms with E-state index in [1.54, 1.807) is 12.1 Å². The number of nitrogens with one attached hydrogen (secondary N) is 1. The largest absolute Gasteiger partial charge is 0.492 e. The molecule has 1 atom stereocenters. The SMILES string of the molecule is O=C(c1cccc(NCCOc2ccc(F)cc2)c1)N1CCCC(CO)C1. The van der Waals surface area contributed by atoms with Crippen molar-refractivity contribution in [1.82, 2.24) is 4.90 Å². The molecule has 1 aliphatic rings. The molecule has 2 N–H and O–H groups in total. The fraction of sp³-hybridized carbons (Fsp3) is 0.381. The van der Waals surface area contributed by atoms with Gasteiger partial charge in [-0.3, -0.25) is 4.79 Å². The van der Waals surface area contributed by atoms with Gasteiger partial charge in [0.25, 0.3) is 5.91 Å². The van der Waals surface area contributed by atoms with E-state index in [9.17, 15) is 14.3 Å². The normalized spacial score (nSPS) is 16.8. The molecular weight excluding hydrogens is 347 g/mol. The smallest absolute Gasteiger partial charge is 0.253 e. The van der Waals surface area contributed by atoms with Crippen LogP contribution in [0.1, 0.15) is 23.2 Å². The van der Waals surface area contributed by atoms with Crippen LogP contribution in [-0.4, -0.2) is 48.8 Å². The minimum Gasteiger partial charge on any atom is -0.492 e. The van der Waals surface area contributed by atoms with Crippen LogP contribution in [0.4, 0.5) is 10.1 Å². The van der Waals surface area contributed by atoms with Crippen LogP contribution in [0.25, 0.3) is 0 Å². The van der Waals surface area contributed by atoms with Gasteiger partial charge in [0.15, 0.2) is 0 Å². The molecule has 1 aliphatic heterocycles. The molecule has 2 aromatic rings. The van der Waals surface area contributed by atoms with E-state index in [2.05, 4.69) is 5.32 Å². The molecule has 3 rings (SSSR count). The first kappa shape index (κ1) is 19.2. The summed E-state index contributed by atoms with van der Waals surface area (Å²) in [7, 11) is 0. The van der Waals surface area contributed by atoms with Gasteiger partial charge in [0.05, 0.1) is 0 Å². The number of carbonyl (C=O) groups is 1. The summed E-state index contributed by atoms with van der Waals surface area (Å²) < 4.78 is 18.4. The molecule has 0 bridgehead atoms. The molecule has 2 aromatic carbocycles. The number of benzene rings is 2. The molecule has 0 aromatic heterocycles. The summed E-state index contributed by atoms with van der Waals surface area (Å²) in [5.41, 5.74) is 1.48. The van der Waals surface area contributed by atoms with E-state index < -0.39 is 0 Å². The molecule has 0 radical (unpaired) electrons. The fourth-order valence-electron chi connectivity index (χ4n) is 3.24. The summed E-state index contributed by atoms with van der Waals surface area (Å²) in [5.74, 6) is 0.499. The van der Waals surface area contributed by atoms with Gasteiger partial charge < -0.3 is 20.1 Å². The van der Waals surface area contributed by atoms with Gasteiger partial charge >= 0.3 is 0 Å². The van der Waals surface area contributed by atoms with Crippen molar-refractivity contribution in [2.75, 3.05) is 38.2 Å². The van der Waals surface area contributed by atoms with E-state index in [4.69, 9.17) is 4.74 Å². The quantitative estimate of drug-likeness (QED) is 0.733. The number of aliphatic hydroxyl groups excluding tert-OH is 1. The van der Waals surface area contributed by atoms with Crippen LogP contribution in [0, 0.1) is 11.7 Å². The highest BCUT2D eigenvalue weighted by Gasteiger charge is 2.24. The summed E-state index contributed by atoms with van der Waals surface area (Å²) in [6, 6.07) is 13.3. The van der Waals surface area contributed by atoms with E-state index >= 15 is 0 Å². The molecule has 1 amide bonds. The number of nitrogens with zero attached hydrogens (tertiary/aromatic N) is 1. The van der Waals surface area contributed by atoms with Gasteiger partial charge in [0.1, 0.15) is 18.2 Å². The first-order chi connectivity index (χ1) is 13.2. The number of ether oxygens (including phenoxy) is 1. The number of halogens is 1. The Bertz CT molecular complexity index is 751. The zero-order valence-corrected chi connectivity index (χ0v) is 15.2. The number of likely N-dealkylation sites (tertiary alicyclic amines) is 1. The zero-order valence-electron chi connectivity index (χ0n) is 15.2. The second-order valence-corrected chi connectivity index (χ2v) is 6.75. The minimum atomic E-state index is -0.291. The number of anilines is 1. The van der Waals surface area contributed by atoms with Gasteiger partial charge in [0.2, 0.25) is 0 Å². The molecule has 1 fully saturated rings. The van der Waals surface area contributed by atoms with Crippen molar-refractivity contribution in [2.24, 2.45) is 5.92 Å². The minimum absolute atomic E-state index is 0.000591. The molecule has 1 saturated heterocycles. The lowest BCUT2D eigenvalue weighted by Gasteiger charge is -2.32. The molecule has 0 saturated carbocycles. The van der Waals surface area contributed by atoms with Crippen LogP contribution >= 0.6 is 0 Å². The number of amides is 1. The van der Waals surface area contributed by atoms with E-state index in [1.807, 2.05) is 29.2 Å². The number of piperidine rings is 1. The Morgan fingerprint density at radius 1 is 1.26 bits per heavy atom. The summed E-state index contributed by atoms with van der Waals surface area (Å²) in [4.78, 5) is 14.5. The monoisotopic (exact) mass is 372 g/mol. The van der Waals surface area contributed by atoms with Gasteiger partial charge in [-0.15, -0.1) is 0 Å².